The van der Waals surface area contributed by atoms with Gasteiger partial charge in [0.1, 0.15) is 23.1 Å². The second kappa shape index (κ2) is 12.0. The Morgan fingerprint density at radius 1 is 1.08 bits per heavy atom. The molecule has 0 spiro atoms. The van der Waals surface area contributed by atoms with Crippen LogP contribution in [-0.4, -0.2) is 50.9 Å². The zero-order valence-electron chi connectivity index (χ0n) is 21.0. The summed E-state index contributed by atoms with van der Waals surface area (Å²) in [5.41, 5.74) is 3.96. The van der Waals surface area contributed by atoms with E-state index in [-0.39, 0.29) is 37.8 Å². The highest BCUT2D eigenvalue weighted by Crippen LogP contribution is 2.27. The number of aromatic nitrogens is 2. The molecule has 2 N–H and O–H groups in total. The van der Waals surface area contributed by atoms with Gasteiger partial charge >= 0.3 is 0 Å². The number of likely N-dealkylation sites (tertiary alicyclic amines) is 1. The summed E-state index contributed by atoms with van der Waals surface area (Å²) in [4.78, 5) is 34.3. The fourth-order valence-electron chi connectivity index (χ4n) is 4.55. The number of aryl methyl sites for hydroxylation is 1. The van der Waals surface area contributed by atoms with Crippen LogP contribution < -0.4 is 4.74 Å². The van der Waals surface area contributed by atoms with Crippen molar-refractivity contribution in [1.29, 1.82) is 0 Å². The third kappa shape index (κ3) is 6.78. The minimum Gasteiger partial charge on any atom is -0.457 e. The lowest BCUT2D eigenvalue weighted by molar-refractivity contribution is -0.117. The lowest BCUT2D eigenvalue weighted by Crippen LogP contribution is -2.29. The van der Waals surface area contributed by atoms with Gasteiger partial charge in [-0.15, -0.1) is 0 Å². The van der Waals surface area contributed by atoms with Crippen LogP contribution in [0.25, 0.3) is 11.4 Å². The molecule has 0 aliphatic carbocycles. The molecule has 1 atom stereocenters. The number of benzene rings is 2. The number of amides is 1. The Hall–Kier alpha value is -4.30. The maximum atomic E-state index is 14.0. The maximum Gasteiger partial charge on any atom is 0.255 e. The number of aromatic amines is 1. The number of carbonyl (C=O) groups is 2. The summed E-state index contributed by atoms with van der Waals surface area (Å²) in [7, 11) is 0. The summed E-state index contributed by atoms with van der Waals surface area (Å²) >= 11 is 0. The van der Waals surface area contributed by atoms with E-state index in [1.165, 1.54) is 6.07 Å². The highest BCUT2D eigenvalue weighted by molar-refractivity contribution is 5.95. The summed E-state index contributed by atoms with van der Waals surface area (Å²) in [6, 6.07) is 17.2. The summed E-state index contributed by atoms with van der Waals surface area (Å²) in [5.74, 6) is 0.612. The Bertz CT molecular complexity index is 1460. The van der Waals surface area contributed by atoms with Gasteiger partial charge in [-0.3, -0.25) is 14.6 Å². The van der Waals surface area contributed by atoms with Gasteiger partial charge in [0.05, 0.1) is 23.1 Å². The van der Waals surface area contributed by atoms with Crippen LogP contribution in [0.5, 0.6) is 11.5 Å². The van der Waals surface area contributed by atoms with E-state index in [9.17, 15) is 19.1 Å². The number of ether oxygens (including phenoxy) is 1. The third-order valence-electron chi connectivity index (χ3n) is 6.54. The van der Waals surface area contributed by atoms with Crippen molar-refractivity contribution in [3.05, 3.63) is 101 Å². The van der Waals surface area contributed by atoms with Crippen LogP contribution in [0.15, 0.2) is 73.1 Å². The highest BCUT2D eigenvalue weighted by Gasteiger charge is 2.26. The van der Waals surface area contributed by atoms with Crippen molar-refractivity contribution in [2.45, 2.75) is 39.7 Å². The van der Waals surface area contributed by atoms with Crippen molar-refractivity contribution in [2.75, 3.05) is 13.1 Å². The van der Waals surface area contributed by atoms with Crippen molar-refractivity contribution in [3.8, 4) is 22.9 Å². The lowest BCUT2D eigenvalue weighted by atomic mass is 10.0. The fraction of sp³-hybridized carbons (Fsp3) is 0.258. The molecule has 4 aromatic rings. The van der Waals surface area contributed by atoms with E-state index in [1.54, 1.807) is 59.8 Å². The summed E-state index contributed by atoms with van der Waals surface area (Å²) < 4.78 is 20.0. The first kappa shape index (κ1) is 27.7. The van der Waals surface area contributed by atoms with Gasteiger partial charge in [-0.1, -0.05) is 37.3 Å². The number of aliphatic hydroxyl groups excluding tert-OH is 1. The molecule has 3 heterocycles. The monoisotopic (exact) mass is 529 g/mol. The third-order valence-corrected chi connectivity index (χ3v) is 6.54. The van der Waals surface area contributed by atoms with E-state index in [4.69, 9.17) is 4.74 Å². The molecule has 1 aliphatic rings. The molecule has 2 aromatic carbocycles. The quantitative estimate of drug-likeness (QED) is 0.314. The van der Waals surface area contributed by atoms with Crippen molar-refractivity contribution in [3.63, 3.8) is 0 Å². The van der Waals surface area contributed by atoms with E-state index in [1.807, 2.05) is 19.1 Å². The Morgan fingerprint density at radius 3 is 2.62 bits per heavy atom. The molecule has 2 aromatic heterocycles. The molecule has 0 saturated carbocycles. The molecule has 7 nitrogen and oxygen atoms in total. The maximum absolute atomic E-state index is 14.0. The molecule has 39 heavy (non-hydrogen) atoms. The molecule has 1 saturated heterocycles. The van der Waals surface area contributed by atoms with Crippen LogP contribution in [-0.2, 0) is 17.6 Å². The van der Waals surface area contributed by atoms with E-state index < -0.39 is 6.10 Å². The smallest absolute Gasteiger partial charge is 0.255 e. The van der Waals surface area contributed by atoms with Crippen LogP contribution in [0, 0.1) is 12.7 Å². The number of carbonyl (C=O) groups excluding carboxylic acids is 2. The van der Waals surface area contributed by atoms with Gasteiger partial charge in [-0.25, -0.2) is 4.39 Å². The standard InChI is InChI=1S/C30H28FN3O4.CH4/c1-19-2-7-27(31)21(12-19)14-24(36)13-20-3-5-25(6-4-20)38-26-8-10-32-29(16-26)28-15-22(17-33-28)30(37)34-11-9-23(35)18-34;/h2-8,10,12,15-17,23,33,35H,9,11,13-14,18H2,1H3;1H4/t23-;/m0./s1. The van der Waals surface area contributed by atoms with Gasteiger partial charge in [0.25, 0.3) is 5.91 Å². The average Bonchev–Trinajstić information content (AvgIpc) is 3.57. The number of hydrogen-bond acceptors (Lipinski definition) is 5. The number of H-pyrrole nitrogens is 1. The van der Waals surface area contributed by atoms with E-state index in [0.29, 0.717) is 53.5 Å². The average molecular weight is 530 g/mol. The second-order valence-electron chi connectivity index (χ2n) is 9.61. The van der Waals surface area contributed by atoms with Crippen LogP contribution in [0.1, 0.15) is 40.9 Å². The number of aliphatic hydroxyl groups is 1. The summed E-state index contributed by atoms with van der Waals surface area (Å²) in [6.07, 6.45) is 3.65. The van der Waals surface area contributed by atoms with E-state index in [2.05, 4.69) is 9.97 Å². The molecule has 0 bridgehead atoms. The van der Waals surface area contributed by atoms with Gasteiger partial charge in [0.15, 0.2) is 0 Å². The number of hydrogen-bond donors (Lipinski definition) is 2. The van der Waals surface area contributed by atoms with Crippen LogP contribution in [0.4, 0.5) is 4.39 Å². The number of nitrogens with zero attached hydrogens (tertiary/aromatic N) is 2. The molecular formula is C31H32FN3O4. The van der Waals surface area contributed by atoms with Crippen molar-refractivity contribution >= 4 is 11.7 Å². The number of pyridine rings is 1. The fourth-order valence-corrected chi connectivity index (χ4v) is 4.55. The predicted octanol–water partition coefficient (Wildman–Crippen LogP) is 5.51. The number of halogens is 1. The van der Waals surface area contributed by atoms with Crippen LogP contribution in [0.3, 0.4) is 0 Å². The minimum atomic E-state index is -0.467. The van der Waals surface area contributed by atoms with Crippen LogP contribution in [0.2, 0.25) is 0 Å². The highest BCUT2D eigenvalue weighted by atomic mass is 19.1. The minimum absolute atomic E-state index is 0. The first-order valence-corrected chi connectivity index (χ1v) is 12.5. The number of ketones is 1. The normalized spacial score (nSPS) is 14.6. The molecular weight excluding hydrogens is 497 g/mol. The van der Waals surface area contributed by atoms with E-state index in [0.717, 1.165) is 11.1 Å². The molecule has 1 fully saturated rings. The molecule has 202 valence electrons. The molecule has 1 aliphatic heterocycles. The van der Waals surface area contributed by atoms with Gasteiger partial charge in [-0.05, 0) is 54.8 Å². The number of nitrogens with one attached hydrogen (secondary N) is 1. The molecule has 1 amide bonds. The first-order chi connectivity index (χ1) is 18.3. The lowest BCUT2D eigenvalue weighted by Gasteiger charge is -2.13. The number of Topliss-reactive ketones (excluding diaryl/α,β-unsaturated/α-hetero) is 1. The van der Waals surface area contributed by atoms with Gasteiger partial charge in [0.2, 0.25) is 0 Å². The van der Waals surface area contributed by atoms with Crippen molar-refractivity contribution in [2.24, 2.45) is 0 Å². The Balaban J connectivity index is 0.00000353. The Morgan fingerprint density at radius 2 is 1.87 bits per heavy atom. The van der Waals surface area contributed by atoms with E-state index >= 15 is 0 Å². The van der Waals surface area contributed by atoms with Gasteiger partial charge < -0.3 is 19.7 Å². The molecule has 5 rings (SSSR count). The van der Waals surface area contributed by atoms with Crippen molar-refractivity contribution in [1.82, 2.24) is 14.9 Å². The SMILES string of the molecule is C.Cc1ccc(F)c(CC(=O)Cc2ccc(Oc3ccnc(-c4cc(C(=O)N5CC[C@H](O)C5)c[nH]4)c3)cc2)c1. The second-order valence-corrected chi connectivity index (χ2v) is 9.61. The number of rotatable bonds is 8. The Kier molecular flexibility index (Phi) is 8.56. The summed E-state index contributed by atoms with van der Waals surface area (Å²) in [6.45, 7) is 2.76. The first-order valence-electron chi connectivity index (χ1n) is 12.5. The largest absolute Gasteiger partial charge is 0.457 e. The molecule has 0 radical (unpaired) electrons. The number of β-amino-alcohol motifs (C(OH)–C–C–N with tert-alkyl or cyclic N) is 1. The molecule has 8 heteroatoms. The van der Waals surface area contributed by atoms with Gasteiger partial charge in [-0.2, -0.15) is 0 Å². The topological polar surface area (TPSA) is 95.5 Å². The Labute approximate surface area is 227 Å². The predicted molar refractivity (Wildman–Crippen MR) is 147 cm³/mol. The molecule has 0 unspecified atom stereocenters. The zero-order valence-corrected chi connectivity index (χ0v) is 21.0. The zero-order chi connectivity index (χ0) is 26.6. The summed E-state index contributed by atoms with van der Waals surface area (Å²) in [5, 5.41) is 9.70. The van der Waals surface area contributed by atoms with Crippen LogP contribution >= 0.6 is 0 Å². The van der Waals surface area contributed by atoms with Crippen molar-refractivity contribution < 1.29 is 23.8 Å². The van der Waals surface area contributed by atoms with Gasteiger partial charge in [0, 0.05) is 44.4 Å².